The smallest absolute Gasteiger partial charge is 0.192 e. The van der Waals surface area contributed by atoms with Crippen LogP contribution in [0, 0.1) is 11.3 Å². The zero-order valence-electron chi connectivity index (χ0n) is 4.64. The van der Waals surface area contributed by atoms with Crippen LogP contribution in [0.1, 0.15) is 5.56 Å². The average molecular weight is 211 g/mol. The topological polar surface area (TPSA) is 23.8 Å². The third kappa shape index (κ3) is 2.48. The van der Waals surface area contributed by atoms with Crippen molar-refractivity contribution in [2.24, 2.45) is 0 Å². The Morgan fingerprint density at radius 2 is 1.67 bits per heavy atom. The van der Waals surface area contributed by atoms with Crippen LogP contribution < -0.4 is 0 Å². The Bertz CT molecular complexity index is 200. The number of nitrogens with zero attached hydrogens (tertiary/aromatic N) is 1. The molecule has 9 heavy (non-hydrogen) atoms. The van der Waals surface area contributed by atoms with Crippen LogP contribution in [0.25, 0.3) is 0 Å². The van der Waals surface area contributed by atoms with Gasteiger partial charge in [0.05, 0.1) is 11.6 Å². The van der Waals surface area contributed by atoms with Crippen molar-refractivity contribution in [3.8, 4) is 6.07 Å². The molecule has 0 aliphatic carbocycles. The molecule has 0 heterocycles. The Labute approximate surface area is 69.8 Å². The first-order chi connectivity index (χ1) is 3.93. The standard InChI is InChI=1S/C7H5N.Ag/c8-6-7-4-2-1-3-5-7;/h1-5H;/q;+1. The normalized spacial score (nSPS) is 7.00. The van der Waals surface area contributed by atoms with Crippen LogP contribution >= 0.6 is 0 Å². The van der Waals surface area contributed by atoms with E-state index in [0.29, 0.717) is 5.56 Å². The molecule has 0 aliphatic heterocycles. The van der Waals surface area contributed by atoms with Gasteiger partial charge >= 0.3 is 22.4 Å². The summed E-state index contributed by atoms with van der Waals surface area (Å²) in [7, 11) is 0. The maximum atomic E-state index is 8.29. The van der Waals surface area contributed by atoms with Gasteiger partial charge in [0, 0.05) is 0 Å². The molecule has 0 N–H and O–H groups in total. The Hall–Kier alpha value is -0.550. The van der Waals surface area contributed by atoms with Crippen molar-refractivity contribution in [3.05, 3.63) is 35.9 Å². The van der Waals surface area contributed by atoms with Crippen molar-refractivity contribution < 1.29 is 22.4 Å². The van der Waals surface area contributed by atoms with Crippen LogP contribution in [0.3, 0.4) is 0 Å². The molecule has 48 valence electrons. The zero-order chi connectivity index (χ0) is 5.82. The minimum atomic E-state index is 0. The summed E-state index contributed by atoms with van der Waals surface area (Å²) in [4.78, 5) is 0. The maximum Gasteiger partial charge on any atom is 1.00 e. The number of hydrogen-bond donors (Lipinski definition) is 0. The van der Waals surface area contributed by atoms with Crippen molar-refractivity contribution in [1.82, 2.24) is 0 Å². The van der Waals surface area contributed by atoms with E-state index in [1.807, 2.05) is 24.3 Å². The van der Waals surface area contributed by atoms with E-state index in [1.165, 1.54) is 0 Å². The first-order valence-electron chi connectivity index (χ1n) is 2.38. The summed E-state index contributed by atoms with van der Waals surface area (Å²) in [5, 5.41) is 8.29. The zero-order valence-corrected chi connectivity index (χ0v) is 6.12. The molecular weight excluding hydrogens is 206 g/mol. The van der Waals surface area contributed by atoms with E-state index >= 15 is 0 Å². The predicted molar refractivity (Wildman–Crippen MR) is 31.2 cm³/mol. The fourth-order valence-corrected chi connectivity index (χ4v) is 0.513. The van der Waals surface area contributed by atoms with Crippen LogP contribution in [-0.2, 0) is 22.4 Å². The number of hydrogen-bond acceptors (Lipinski definition) is 1. The summed E-state index contributed by atoms with van der Waals surface area (Å²) < 4.78 is 0. The number of rotatable bonds is 0. The van der Waals surface area contributed by atoms with Crippen molar-refractivity contribution in [2.75, 3.05) is 0 Å². The van der Waals surface area contributed by atoms with E-state index in [-0.39, 0.29) is 22.4 Å². The van der Waals surface area contributed by atoms with Crippen LogP contribution in [-0.4, -0.2) is 0 Å². The van der Waals surface area contributed by atoms with E-state index in [4.69, 9.17) is 5.26 Å². The Morgan fingerprint density at radius 3 is 2.00 bits per heavy atom. The SMILES string of the molecule is N#Cc1ccccc1.[Ag+]. The van der Waals surface area contributed by atoms with Gasteiger partial charge < -0.3 is 0 Å². The summed E-state index contributed by atoms with van der Waals surface area (Å²) in [6.07, 6.45) is 0. The van der Waals surface area contributed by atoms with Gasteiger partial charge in [-0.25, -0.2) is 0 Å². The van der Waals surface area contributed by atoms with Crippen molar-refractivity contribution in [2.45, 2.75) is 0 Å². The first-order valence-corrected chi connectivity index (χ1v) is 2.38. The molecule has 1 nitrogen and oxygen atoms in total. The summed E-state index contributed by atoms with van der Waals surface area (Å²) in [5.41, 5.74) is 0.715. The molecule has 1 aromatic carbocycles. The second kappa shape index (κ2) is 4.34. The van der Waals surface area contributed by atoms with E-state index in [9.17, 15) is 0 Å². The molecule has 0 radical (unpaired) electrons. The van der Waals surface area contributed by atoms with Gasteiger partial charge in [0.25, 0.3) is 0 Å². The second-order valence-corrected chi connectivity index (χ2v) is 1.48. The molecule has 0 atom stereocenters. The van der Waals surface area contributed by atoms with Gasteiger partial charge in [-0.15, -0.1) is 0 Å². The minimum absolute atomic E-state index is 0. The molecule has 1 rings (SSSR count). The summed E-state index contributed by atoms with van der Waals surface area (Å²) in [6, 6.07) is 11.2. The Kier molecular flexibility index (Phi) is 4.08. The molecule has 0 aromatic heterocycles. The third-order valence-corrected chi connectivity index (χ3v) is 0.903. The largest absolute Gasteiger partial charge is 1.00 e. The van der Waals surface area contributed by atoms with Gasteiger partial charge in [0.2, 0.25) is 0 Å². The van der Waals surface area contributed by atoms with Crippen LogP contribution in [0.5, 0.6) is 0 Å². The molecule has 0 aliphatic rings. The van der Waals surface area contributed by atoms with Gasteiger partial charge in [-0.3, -0.25) is 0 Å². The molecule has 0 spiro atoms. The van der Waals surface area contributed by atoms with Gasteiger partial charge in [0.15, 0.2) is 0 Å². The first kappa shape index (κ1) is 8.45. The quantitative estimate of drug-likeness (QED) is 0.597. The van der Waals surface area contributed by atoms with E-state index in [2.05, 4.69) is 0 Å². The van der Waals surface area contributed by atoms with Gasteiger partial charge in [-0.1, -0.05) is 18.2 Å². The summed E-state index contributed by atoms with van der Waals surface area (Å²) >= 11 is 0. The van der Waals surface area contributed by atoms with Gasteiger partial charge in [-0.05, 0) is 12.1 Å². The van der Waals surface area contributed by atoms with E-state index < -0.39 is 0 Å². The fourth-order valence-electron chi connectivity index (χ4n) is 0.513. The molecular formula is C7H5AgN+. The molecule has 0 saturated heterocycles. The molecule has 0 unspecified atom stereocenters. The molecule has 1 aromatic rings. The molecule has 0 amide bonds. The van der Waals surface area contributed by atoms with Crippen LogP contribution in [0.15, 0.2) is 30.3 Å². The average Bonchev–Trinajstić information content (AvgIpc) is 1.90. The number of benzene rings is 1. The Morgan fingerprint density at radius 1 is 1.11 bits per heavy atom. The monoisotopic (exact) mass is 210 g/mol. The fraction of sp³-hybridized carbons (Fsp3) is 0. The molecule has 2 heteroatoms. The molecule has 0 saturated carbocycles. The maximum absolute atomic E-state index is 8.29. The van der Waals surface area contributed by atoms with E-state index in [0.717, 1.165) is 0 Å². The second-order valence-electron chi connectivity index (χ2n) is 1.48. The van der Waals surface area contributed by atoms with Crippen LogP contribution in [0.4, 0.5) is 0 Å². The minimum Gasteiger partial charge on any atom is -0.192 e. The van der Waals surface area contributed by atoms with Crippen LogP contribution in [0.2, 0.25) is 0 Å². The van der Waals surface area contributed by atoms with Crippen molar-refractivity contribution in [1.29, 1.82) is 5.26 Å². The van der Waals surface area contributed by atoms with Gasteiger partial charge in [0.1, 0.15) is 0 Å². The Balaban J connectivity index is 0.000000640. The number of nitriles is 1. The van der Waals surface area contributed by atoms with Gasteiger partial charge in [-0.2, -0.15) is 5.26 Å². The van der Waals surface area contributed by atoms with Crippen molar-refractivity contribution >= 4 is 0 Å². The third-order valence-electron chi connectivity index (χ3n) is 0.903. The van der Waals surface area contributed by atoms with E-state index in [1.54, 1.807) is 12.1 Å². The molecule has 0 bridgehead atoms. The van der Waals surface area contributed by atoms with Crippen molar-refractivity contribution in [3.63, 3.8) is 0 Å². The summed E-state index contributed by atoms with van der Waals surface area (Å²) in [6.45, 7) is 0. The molecule has 0 fully saturated rings. The predicted octanol–water partition coefficient (Wildman–Crippen LogP) is 1.56. The summed E-state index contributed by atoms with van der Waals surface area (Å²) in [5.74, 6) is 0.